The predicted molar refractivity (Wildman–Crippen MR) is 55.4 cm³/mol. The molecule has 0 bridgehead atoms. The Morgan fingerprint density at radius 1 is 1.82 bits per heavy atom. The van der Waals surface area contributed by atoms with Gasteiger partial charge in [-0.2, -0.15) is 11.8 Å². The maximum atomic E-state index is 9.50. The molecule has 1 aromatic heterocycles. The summed E-state index contributed by atoms with van der Waals surface area (Å²) < 4.78 is 1.05. The maximum absolute atomic E-state index is 9.50. The molecule has 0 aliphatic rings. The van der Waals surface area contributed by atoms with Crippen LogP contribution >= 0.6 is 39.0 Å². The van der Waals surface area contributed by atoms with Crippen molar-refractivity contribution in [2.24, 2.45) is 0 Å². The Labute approximate surface area is 83.0 Å². The Balaban J connectivity index is 2.60. The van der Waals surface area contributed by atoms with Gasteiger partial charge in [-0.3, -0.25) is 0 Å². The van der Waals surface area contributed by atoms with E-state index < -0.39 is 0 Å². The molecule has 0 fully saturated rings. The van der Waals surface area contributed by atoms with Crippen LogP contribution in [0.15, 0.2) is 15.9 Å². The second-order valence-electron chi connectivity index (χ2n) is 2.14. The highest BCUT2D eigenvalue weighted by Crippen LogP contribution is 2.26. The van der Waals surface area contributed by atoms with Crippen LogP contribution < -0.4 is 0 Å². The van der Waals surface area contributed by atoms with Gasteiger partial charge in [0.25, 0.3) is 0 Å². The second-order valence-corrected chi connectivity index (χ2v) is 4.91. The summed E-state index contributed by atoms with van der Waals surface area (Å²) in [7, 11) is 0. The van der Waals surface area contributed by atoms with Crippen LogP contribution in [0.5, 0.6) is 0 Å². The molecule has 11 heavy (non-hydrogen) atoms. The van der Waals surface area contributed by atoms with E-state index in [1.165, 1.54) is 0 Å². The first-order chi connectivity index (χ1) is 5.24. The minimum atomic E-state index is -0.304. The normalized spacial score (nSPS) is 13.4. The van der Waals surface area contributed by atoms with E-state index >= 15 is 0 Å². The van der Waals surface area contributed by atoms with Crippen molar-refractivity contribution in [2.75, 3.05) is 12.0 Å². The Morgan fingerprint density at radius 2 is 2.55 bits per heavy atom. The average molecular weight is 253 g/mol. The lowest BCUT2D eigenvalue weighted by atomic mass is 10.3. The molecule has 62 valence electrons. The van der Waals surface area contributed by atoms with Gasteiger partial charge < -0.3 is 5.11 Å². The summed E-state index contributed by atoms with van der Waals surface area (Å²) in [5, 5.41) is 11.5. The summed E-state index contributed by atoms with van der Waals surface area (Å²) in [6.45, 7) is 0. The largest absolute Gasteiger partial charge is 0.387 e. The van der Waals surface area contributed by atoms with E-state index in [0.717, 1.165) is 15.1 Å². The Bertz CT molecular complexity index is 224. The highest BCUT2D eigenvalue weighted by molar-refractivity contribution is 9.10. The van der Waals surface area contributed by atoms with Crippen molar-refractivity contribution in [3.63, 3.8) is 0 Å². The fourth-order valence-electron chi connectivity index (χ4n) is 0.743. The van der Waals surface area contributed by atoms with E-state index in [1.54, 1.807) is 23.1 Å². The van der Waals surface area contributed by atoms with Gasteiger partial charge in [0, 0.05) is 20.5 Å². The number of rotatable bonds is 3. The summed E-state index contributed by atoms with van der Waals surface area (Å²) in [5.41, 5.74) is 0. The van der Waals surface area contributed by atoms with Crippen LogP contribution in [0.2, 0.25) is 0 Å². The Morgan fingerprint density at radius 3 is 3.00 bits per heavy atom. The van der Waals surface area contributed by atoms with Crippen molar-refractivity contribution in [1.29, 1.82) is 0 Å². The van der Waals surface area contributed by atoms with E-state index in [2.05, 4.69) is 15.9 Å². The summed E-state index contributed by atoms with van der Waals surface area (Å²) in [4.78, 5) is 1.03. The highest BCUT2D eigenvalue weighted by atomic mass is 79.9. The fraction of sp³-hybridized carbons (Fsp3) is 0.429. The third-order valence-corrected chi connectivity index (χ3v) is 3.68. The van der Waals surface area contributed by atoms with Gasteiger partial charge in [-0.15, -0.1) is 11.3 Å². The van der Waals surface area contributed by atoms with E-state index in [1.807, 2.05) is 17.7 Å². The molecule has 1 unspecified atom stereocenters. The second kappa shape index (κ2) is 4.50. The lowest BCUT2D eigenvalue weighted by Gasteiger charge is -2.04. The molecule has 1 rings (SSSR count). The first-order valence-electron chi connectivity index (χ1n) is 3.15. The standard InChI is InChI=1S/C7H9BrOS2/c1-10-4-6(9)7-2-5(8)3-11-7/h2-3,6,9H,4H2,1H3. The lowest BCUT2D eigenvalue weighted by Crippen LogP contribution is -1.96. The van der Waals surface area contributed by atoms with Gasteiger partial charge in [0.2, 0.25) is 0 Å². The van der Waals surface area contributed by atoms with Gasteiger partial charge >= 0.3 is 0 Å². The first kappa shape index (κ1) is 9.58. The van der Waals surface area contributed by atoms with Crippen LogP contribution in [0.4, 0.5) is 0 Å². The van der Waals surface area contributed by atoms with Gasteiger partial charge in [0.05, 0.1) is 6.10 Å². The molecule has 1 nitrogen and oxygen atoms in total. The molecule has 0 aliphatic heterocycles. The van der Waals surface area contributed by atoms with Crippen molar-refractivity contribution < 1.29 is 5.11 Å². The summed E-state index contributed by atoms with van der Waals surface area (Å²) in [6, 6.07) is 1.96. The SMILES string of the molecule is CSCC(O)c1cc(Br)cs1. The fourth-order valence-corrected chi connectivity index (χ4v) is 2.77. The Kier molecular flexibility index (Phi) is 3.92. The molecular formula is C7H9BrOS2. The van der Waals surface area contributed by atoms with Gasteiger partial charge in [0.1, 0.15) is 0 Å². The maximum Gasteiger partial charge on any atom is 0.0972 e. The molecule has 0 spiro atoms. The molecule has 0 saturated carbocycles. The molecule has 0 radical (unpaired) electrons. The quantitative estimate of drug-likeness (QED) is 0.893. The van der Waals surface area contributed by atoms with E-state index in [4.69, 9.17) is 0 Å². The van der Waals surface area contributed by atoms with Crippen LogP contribution in [0.25, 0.3) is 0 Å². The number of hydrogen-bond acceptors (Lipinski definition) is 3. The van der Waals surface area contributed by atoms with Gasteiger partial charge in [-0.05, 0) is 28.3 Å². The first-order valence-corrected chi connectivity index (χ1v) is 6.21. The molecule has 1 aromatic rings. The monoisotopic (exact) mass is 252 g/mol. The van der Waals surface area contributed by atoms with Crippen molar-refractivity contribution in [3.8, 4) is 0 Å². The van der Waals surface area contributed by atoms with Crippen LogP contribution in [-0.4, -0.2) is 17.1 Å². The molecule has 1 atom stereocenters. The van der Waals surface area contributed by atoms with Gasteiger partial charge in [-0.1, -0.05) is 0 Å². The van der Waals surface area contributed by atoms with Crippen molar-refractivity contribution >= 4 is 39.0 Å². The minimum Gasteiger partial charge on any atom is -0.387 e. The summed E-state index contributed by atoms with van der Waals surface area (Å²) in [6.07, 6.45) is 1.69. The van der Waals surface area contributed by atoms with Crippen molar-refractivity contribution in [3.05, 3.63) is 20.8 Å². The van der Waals surface area contributed by atoms with Crippen LogP contribution in [0.3, 0.4) is 0 Å². The molecule has 0 amide bonds. The third-order valence-electron chi connectivity index (χ3n) is 1.24. The van der Waals surface area contributed by atoms with Crippen molar-refractivity contribution in [1.82, 2.24) is 0 Å². The predicted octanol–water partition coefficient (Wildman–Crippen LogP) is 2.91. The number of aliphatic hydroxyl groups excluding tert-OH is 1. The van der Waals surface area contributed by atoms with Crippen LogP contribution in [0.1, 0.15) is 11.0 Å². The number of aliphatic hydroxyl groups is 1. The lowest BCUT2D eigenvalue weighted by molar-refractivity contribution is 0.208. The Hall–Kier alpha value is 0.490. The van der Waals surface area contributed by atoms with E-state index in [9.17, 15) is 5.11 Å². The number of thiophene rings is 1. The highest BCUT2D eigenvalue weighted by Gasteiger charge is 2.08. The average Bonchev–Trinajstić information content (AvgIpc) is 2.36. The van der Waals surface area contributed by atoms with Gasteiger partial charge in [0.15, 0.2) is 0 Å². The van der Waals surface area contributed by atoms with E-state index in [-0.39, 0.29) is 6.10 Å². The molecule has 0 aliphatic carbocycles. The molecule has 0 aromatic carbocycles. The molecule has 4 heteroatoms. The zero-order chi connectivity index (χ0) is 8.27. The van der Waals surface area contributed by atoms with Crippen molar-refractivity contribution in [2.45, 2.75) is 6.10 Å². The van der Waals surface area contributed by atoms with Gasteiger partial charge in [-0.25, -0.2) is 0 Å². The number of thioether (sulfide) groups is 1. The smallest absolute Gasteiger partial charge is 0.0972 e. The number of halogens is 1. The molecular weight excluding hydrogens is 244 g/mol. The van der Waals surface area contributed by atoms with E-state index in [0.29, 0.717) is 0 Å². The third kappa shape index (κ3) is 2.78. The topological polar surface area (TPSA) is 20.2 Å². The summed E-state index contributed by atoms with van der Waals surface area (Å²) >= 11 is 6.59. The molecule has 1 heterocycles. The van der Waals surface area contributed by atoms with Crippen LogP contribution in [-0.2, 0) is 0 Å². The molecule has 0 saturated heterocycles. The molecule has 1 N–H and O–H groups in total. The number of hydrogen-bond donors (Lipinski definition) is 1. The van der Waals surface area contributed by atoms with Crippen LogP contribution in [0, 0.1) is 0 Å². The zero-order valence-corrected chi connectivity index (χ0v) is 9.30. The summed E-state index contributed by atoms with van der Waals surface area (Å²) in [5.74, 6) is 0.771. The zero-order valence-electron chi connectivity index (χ0n) is 6.08. The minimum absolute atomic E-state index is 0.304.